The Balaban J connectivity index is 1.91. The molecule has 1 aromatic heterocycles. The molecule has 0 fully saturated rings. The molecule has 2 unspecified atom stereocenters. The highest BCUT2D eigenvalue weighted by Crippen LogP contribution is 2.21. The van der Waals surface area contributed by atoms with Crippen molar-refractivity contribution in [2.24, 2.45) is 0 Å². The van der Waals surface area contributed by atoms with Crippen LogP contribution in [0.4, 0.5) is 0 Å². The number of hydrogen-bond acceptors (Lipinski definition) is 6. The molecule has 0 radical (unpaired) electrons. The number of ether oxygens (including phenoxy) is 1. The number of benzene rings is 1. The Morgan fingerprint density at radius 3 is 2.70 bits per heavy atom. The summed E-state index contributed by atoms with van der Waals surface area (Å²) in [6.45, 7) is 3.14. The summed E-state index contributed by atoms with van der Waals surface area (Å²) in [5, 5.41) is 22.1. The van der Waals surface area contributed by atoms with Crippen LogP contribution in [0.15, 0.2) is 29.6 Å². The van der Waals surface area contributed by atoms with Gasteiger partial charge in [0.15, 0.2) is 0 Å². The van der Waals surface area contributed by atoms with Crippen LogP contribution in [0.2, 0.25) is 0 Å². The predicted molar refractivity (Wildman–Crippen MR) is 90.0 cm³/mol. The van der Waals surface area contributed by atoms with Crippen molar-refractivity contribution in [1.82, 2.24) is 9.88 Å². The predicted octanol–water partition coefficient (Wildman–Crippen LogP) is 2.89. The monoisotopic (exact) mass is 331 g/mol. The maximum atomic E-state index is 10.3. The second-order valence-electron chi connectivity index (χ2n) is 5.50. The molecule has 2 rings (SSSR count). The molecule has 122 valence electrons. The third-order valence-electron chi connectivity index (χ3n) is 3.61. The molecule has 0 amide bonds. The number of methoxy groups -OCH3 is 1. The van der Waals surface area contributed by atoms with Crippen molar-refractivity contribution >= 4 is 11.3 Å². The second-order valence-corrected chi connectivity index (χ2v) is 6.39. The molecule has 2 aromatic rings. The highest BCUT2D eigenvalue weighted by Gasteiger charge is 2.14. The summed E-state index contributed by atoms with van der Waals surface area (Å²) >= 11 is 1.59. The minimum atomic E-state index is -0.594. The zero-order valence-corrected chi connectivity index (χ0v) is 14.4. The lowest BCUT2D eigenvalue weighted by Gasteiger charge is -2.20. The van der Waals surface area contributed by atoms with E-state index in [1.165, 1.54) is 0 Å². The van der Waals surface area contributed by atoms with Crippen LogP contribution in [0.1, 0.15) is 41.0 Å². The Kier molecular flexibility index (Phi) is 6.25. The summed E-state index contributed by atoms with van der Waals surface area (Å²) in [6, 6.07) is 9.09. The van der Waals surface area contributed by atoms with Crippen molar-refractivity contribution in [1.29, 1.82) is 5.26 Å². The van der Waals surface area contributed by atoms with Crippen molar-refractivity contribution in [3.8, 4) is 6.07 Å². The lowest BCUT2D eigenvalue weighted by atomic mass is 10.1. The van der Waals surface area contributed by atoms with Gasteiger partial charge in [0.25, 0.3) is 0 Å². The van der Waals surface area contributed by atoms with Gasteiger partial charge < -0.3 is 9.84 Å². The Labute approximate surface area is 140 Å². The fraction of sp³-hybridized carbons (Fsp3) is 0.412. The lowest BCUT2D eigenvalue weighted by molar-refractivity contribution is 0.117. The number of aromatic nitrogens is 1. The first kappa shape index (κ1) is 17.6. The van der Waals surface area contributed by atoms with Crippen LogP contribution in [-0.4, -0.2) is 35.7 Å². The van der Waals surface area contributed by atoms with Gasteiger partial charge in [-0.2, -0.15) is 5.26 Å². The molecule has 5 nitrogen and oxygen atoms in total. The molecular weight excluding hydrogens is 310 g/mol. The summed E-state index contributed by atoms with van der Waals surface area (Å²) in [4.78, 5) is 6.58. The van der Waals surface area contributed by atoms with Crippen molar-refractivity contribution in [2.45, 2.75) is 25.7 Å². The van der Waals surface area contributed by atoms with E-state index in [4.69, 9.17) is 10.00 Å². The van der Waals surface area contributed by atoms with E-state index < -0.39 is 6.10 Å². The average molecular weight is 331 g/mol. The third kappa shape index (κ3) is 4.85. The van der Waals surface area contributed by atoms with E-state index in [-0.39, 0.29) is 6.10 Å². The van der Waals surface area contributed by atoms with Gasteiger partial charge in [-0.05, 0) is 31.7 Å². The van der Waals surface area contributed by atoms with Gasteiger partial charge in [-0.15, -0.1) is 11.3 Å². The summed E-state index contributed by atoms with van der Waals surface area (Å²) < 4.78 is 5.27. The Morgan fingerprint density at radius 2 is 2.09 bits per heavy atom. The molecule has 0 spiro atoms. The normalized spacial score (nSPS) is 13.7. The van der Waals surface area contributed by atoms with Crippen LogP contribution in [0.5, 0.6) is 0 Å². The van der Waals surface area contributed by atoms with E-state index in [1.807, 2.05) is 24.3 Å². The fourth-order valence-corrected chi connectivity index (χ4v) is 3.05. The highest BCUT2D eigenvalue weighted by molar-refractivity contribution is 7.09. The van der Waals surface area contributed by atoms with Crippen LogP contribution >= 0.6 is 11.3 Å². The van der Waals surface area contributed by atoms with E-state index in [2.05, 4.69) is 11.1 Å². The summed E-state index contributed by atoms with van der Waals surface area (Å²) in [6.07, 6.45) is -0.591. The van der Waals surface area contributed by atoms with E-state index in [1.54, 1.807) is 42.7 Å². The molecule has 23 heavy (non-hydrogen) atoms. The molecule has 2 atom stereocenters. The molecule has 0 aliphatic carbocycles. The molecule has 1 aromatic carbocycles. The first-order valence-corrected chi connectivity index (χ1v) is 8.25. The van der Waals surface area contributed by atoms with E-state index in [0.717, 1.165) is 16.3 Å². The third-order valence-corrected chi connectivity index (χ3v) is 4.67. The SMILES string of the molecule is COC(C)c1nc(CN(C)CC(O)c2ccc(C#N)cc2)cs1. The van der Waals surface area contributed by atoms with Crippen molar-refractivity contribution in [3.05, 3.63) is 51.5 Å². The van der Waals surface area contributed by atoms with Gasteiger partial charge >= 0.3 is 0 Å². The van der Waals surface area contributed by atoms with Gasteiger partial charge in [-0.3, -0.25) is 4.90 Å². The number of thiazole rings is 1. The molecule has 0 bridgehead atoms. The zero-order valence-electron chi connectivity index (χ0n) is 13.6. The molecule has 0 saturated heterocycles. The van der Waals surface area contributed by atoms with Gasteiger partial charge in [0.1, 0.15) is 11.1 Å². The van der Waals surface area contributed by atoms with Gasteiger partial charge in [-0.1, -0.05) is 12.1 Å². The van der Waals surface area contributed by atoms with Crippen LogP contribution in [0, 0.1) is 11.3 Å². The summed E-state index contributed by atoms with van der Waals surface area (Å²) in [5.41, 5.74) is 2.38. The quantitative estimate of drug-likeness (QED) is 0.845. The lowest BCUT2D eigenvalue weighted by Crippen LogP contribution is -2.24. The van der Waals surface area contributed by atoms with Gasteiger partial charge in [-0.25, -0.2) is 4.98 Å². The molecule has 6 heteroatoms. The highest BCUT2D eigenvalue weighted by atomic mass is 32.1. The van der Waals surface area contributed by atoms with E-state index in [9.17, 15) is 5.11 Å². The number of aliphatic hydroxyl groups is 1. The number of hydrogen-bond donors (Lipinski definition) is 1. The van der Waals surface area contributed by atoms with Gasteiger partial charge in [0.2, 0.25) is 0 Å². The van der Waals surface area contributed by atoms with E-state index >= 15 is 0 Å². The molecule has 1 heterocycles. The minimum Gasteiger partial charge on any atom is -0.387 e. The largest absolute Gasteiger partial charge is 0.387 e. The van der Waals surface area contributed by atoms with Crippen LogP contribution in [0.25, 0.3) is 0 Å². The van der Waals surface area contributed by atoms with E-state index in [0.29, 0.717) is 18.7 Å². The second kappa shape index (κ2) is 8.18. The Hall–Kier alpha value is -1.78. The fourth-order valence-electron chi connectivity index (χ4n) is 2.20. The maximum Gasteiger partial charge on any atom is 0.122 e. The van der Waals surface area contributed by atoms with Gasteiger partial charge in [0, 0.05) is 25.6 Å². The van der Waals surface area contributed by atoms with Crippen molar-refractivity contribution < 1.29 is 9.84 Å². The van der Waals surface area contributed by atoms with Crippen LogP contribution < -0.4 is 0 Å². The summed E-state index contributed by atoms with van der Waals surface area (Å²) in [7, 11) is 3.62. The zero-order chi connectivity index (χ0) is 16.8. The van der Waals surface area contributed by atoms with Crippen molar-refractivity contribution in [2.75, 3.05) is 20.7 Å². The number of aliphatic hydroxyl groups excluding tert-OH is 1. The first-order valence-electron chi connectivity index (χ1n) is 7.37. The van der Waals surface area contributed by atoms with Crippen LogP contribution in [0.3, 0.4) is 0 Å². The van der Waals surface area contributed by atoms with Gasteiger partial charge in [0.05, 0.1) is 23.4 Å². The van der Waals surface area contributed by atoms with Crippen LogP contribution in [-0.2, 0) is 11.3 Å². The number of nitrogens with zero attached hydrogens (tertiary/aromatic N) is 3. The number of rotatable bonds is 7. The standard InChI is InChI=1S/C17H21N3O2S/c1-12(22-3)17-19-15(11-23-17)9-20(2)10-16(21)14-6-4-13(8-18)5-7-14/h4-7,11-12,16,21H,9-10H2,1-3H3. The topological polar surface area (TPSA) is 69.4 Å². The molecule has 0 aliphatic heterocycles. The summed E-state index contributed by atoms with van der Waals surface area (Å²) in [5.74, 6) is 0. The van der Waals surface area contributed by atoms with Crippen molar-refractivity contribution in [3.63, 3.8) is 0 Å². The number of likely N-dealkylation sites (N-methyl/N-ethyl adjacent to an activating group) is 1. The molecule has 0 aliphatic rings. The Bertz CT molecular complexity index is 663. The first-order chi connectivity index (χ1) is 11.0. The molecule has 1 N–H and O–H groups in total. The molecular formula is C17H21N3O2S. The maximum absolute atomic E-state index is 10.3. The molecule has 0 saturated carbocycles. The number of nitriles is 1. The Morgan fingerprint density at radius 1 is 1.39 bits per heavy atom. The minimum absolute atomic E-state index is 0.00305. The smallest absolute Gasteiger partial charge is 0.122 e. The average Bonchev–Trinajstić information content (AvgIpc) is 3.02.